The minimum atomic E-state index is -1.19. The summed E-state index contributed by atoms with van der Waals surface area (Å²) >= 11 is 0. The van der Waals surface area contributed by atoms with Crippen LogP contribution in [0.4, 0.5) is 18.9 Å². The van der Waals surface area contributed by atoms with Gasteiger partial charge in [-0.3, -0.25) is 9.69 Å². The van der Waals surface area contributed by atoms with Crippen LogP contribution in [0.1, 0.15) is 37.7 Å². The molecule has 2 aromatic carbocycles. The number of hydrogen-bond acceptors (Lipinski definition) is 9. The Bertz CT molecular complexity index is 1970. The molecule has 4 aromatic rings. The Balaban J connectivity index is 1.32. The number of alkyl halides is 1. The van der Waals surface area contributed by atoms with Crippen molar-refractivity contribution in [3.63, 3.8) is 0 Å². The molecule has 8 rings (SSSR count). The van der Waals surface area contributed by atoms with Gasteiger partial charge in [-0.2, -0.15) is 15.0 Å². The van der Waals surface area contributed by atoms with Crippen molar-refractivity contribution in [2.45, 2.75) is 55.9 Å². The number of phenolic OH excluding ortho intramolecular Hbond substituents is 1. The molecule has 0 spiro atoms. The SMILES string of the molecule is N#Cc1c(OC[C@@]23CCCN2C[C@H](F)C3)nc2c(=O)n(-c3cc(O)cc4ccc(F)c(F)c34)ncc2c1N1CC2CCC(C1)N2. The van der Waals surface area contributed by atoms with Crippen LogP contribution in [0.2, 0.25) is 0 Å². The van der Waals surface area contributed by atoms with Crippen LogP contribution in [0.3, 0.4) is 0 Å². The predicted octanol–water partition coefficient (Wildman–Crippen LogP) is 3.69. The second-order valence-corrected chi connectivity index (χ2v) is 12.7. The van der Waals surface area contributed by atoms with Gasteiger partial charge < -0.3 is 20.1 Å². The third kappa shape index (κ3) is 4.41. The van der Waals surface area contributed by atoms with Gasteiger partial charge in [0.2, 0.25) is 5.88 Å². The van der Waals surface area contributed by atoms with Crippen LogP contribution in [0.25, 0.3) is 27.4 Å². The van der Waals surface area contributed by atoms with E-state index in [0.717, 1.165) is 49.0 Å². The largest absolute Gasteiger partial charge is 0.508 e. The first-order valence-corrected chi connectivity index (χ1v) is 15.2. The number of pyridine rings is 1. The number of nitrogens with zero attached hydrogens (tertiary/aromatic N) is 6. The number of nitriles is 1. The summed E-state index contributed by atoms with van der Waals surface area (Å²) in [6.07, 6.45) is 4.36. The number of phenols is 1. The third-order valence-corrected chi connectivity index (χ3v) is 9.95. The van der Waals surface area contributed by atoms with Gasteiger partial charge in [-0.15, -0.1) is 0 Å². The number of nitrogens with one attached hydrogen (secondary N) is 1. The maximum atomic E-state index is 15.1. The molecule has 6 heterocycles. The van der Waals surface area contributed by atoms with E-state index in [-0.39, 0.29) is 57.9 Å². The molecule has 2 aromatic heterocycles. The van der Waals surface area contributed by atoms with Crippen LogP contribution >= 0.6 is 0 Å². The molecule has 2 N–H and O–H groups in total. The molecule has 232 valence electrons. The molecule has 4 saturated heterocycles. The maximum Gasteiger partial charge on any atom is 0.298 e. The fourth-order valence-corrected chi connectivity index (χ4v) is 7.98. The number of piperazine rings is 1. The van der Waals surface area contributed by atoms with Crippen LogP contribution in [0, 0.1) is 23.0 Å². The Morgan fingerprint density at radius 3 is 2.76 bits per heavy atom. The summed E-state index contributed by atoms with van der Waals surface area (Å²) in [5, 5.41) is 29.1. The van der Waals surface area contributed by atoms with Gasteiger partial charge >= 0.3 is 0 Å². The second kappa shape index (κ2) is 10.3. The fraction of sp³-hybridized carbons (Fsp3) is 0.438. The molecule has 4 aliphatic heterocycles. The maximum absolute atomic E-state index is 15.1. The highest BCUT2D eigenvalue weighted by atomic mass is 19.2. The van der Waals surface area contributed by atoms with Gasteiger partial charge in [0.25, 0.3) is 5.56 Å². The van der Waals surface area contributed by atoms with Crippen molar-refractivity contribution in [1.82, 2.24) is 25.0 Å². The van der Waals surface area contributed by atoms with E-state index in [1.54, 1.807) is 0 Å². The number of hydrogen-bond donors (Lipinski definition) is 2. The average Bonchev–Trinajstić information content (AvgIpc) is 3.67. The summed E-state index contributed by atoms with van der Waals surface area (Å²) in [6, 6.07) is 7.33. The van der Waals surface area contributed by atoms with Crippen LogP contribution in [0.5, 0.6) is 11.6 Å². The first-order valence-electron chi connectivity index (χ1n) is 15.2. The number of fused-ring (bicyclic) bond motifs is 5. The van der Waals surface area contributed by atoms with Crippen LogP contribution in [-0.2, 0) is 0 Å². The van der Waals surface area contributed by atoms with Gasteiger partial charge in [0.05, 0.1) is 28.5 Å². The lowest BCUT2D eigenvalue weighted by molar-refractivity contribution is 0.110. The molecule has 13 heteroatoms. The van der Waals surface area contributed by atoms with Gasteiger partial charge in [0, 0.05) is 49.6 Å². The van der Waals surface area contributed by atoms with E-state index in [4.69, 9.17) is 4.74 Å². The molecule has 45 heavy (non-hydrogen) atoms. The number of benzene rings is 2. The first-order chi connectivity index (χ1) is 21.7. The molecule has 4 fully saturated rings. The van der Waals surface area contributed by atoms with Crippen molar-refractivity contribution in [3.05, 3.63) is 58.0 Å². The summed E-state index contributed by atoms with van der Waals surface area (Å²) in [6.45, 7) is 2.39. The molecule has 0 saturated carbocycles. The molecule has 0 amide bonds. The molecule has 2 bridgehead atoms. The zero-order chi connectivity index (χ0) is 31.0. The Hall–Kier alpha value is -4.41. The van der Waals surface area contributed by atoms with E-state index in [1.165, 1.54) is 18.3 Å². The number of rotatable bonds is 5. The van der Waals surface area contributed by atoms with Gasteiger partial charge in [0.1, 0.15) is 35.7 Å². The van der Waals surface area contributed by atoms with Crippen molar-refractivity contribution < 1.29 is 23.0 Å². The molecule has 0 radical (unpaired) electrons. The Morgan fingerprint density at radius 1 is 1.18 bits per heavy atom. The zero-order valence-corrected chi connectivity index (χ0v) is 24.3. The van der Waals surface area contributed by atoms with E-state index in [0.29, 0.717) is 37.1 Å². The smallest absolute Gasteiger partial charge is 0.298 e. The fourth-order valence-electron chi connectivity index (χ4n) is 7.98. The summed E-state index contributed by atoms with van der Waals surface area (Å²) in [4.78, 5) is 22.9. The van der Waals surface area contributed by atoms with Crippen molar-refractivity contribution in [1.29, 1.82) is 5.26 Å². The van der Waals surface area contributed by atoms with Crippen LogP contribution in [-0.4, -0.2) is 81.4 Å². The topological polar surface area (TPSA) is 120 Å². The lowest BCUT2D eigenvalue weighted by atomic mass is 9.95. The van der Waals surface area contributed by atoms with Crippen molar-refractivity contribution in [2.24, 2.45) is 0 Å². The molecule has 4 atom stereocenters. The van der Waals surface area contributed by atoms with Gasteiger partial charge in [-0.1, -0.05) is 6.07 Å². The van der Waals surface area contributed by atoms with E-state index < -0.39 is 28.9 Å². The highest BCUT2D eigenvalue weighted by molar-refractivity contribution is 5.96. The summed E-state index contributed by atoms with van der Waals surface area (Å²) in [5.74, 6) is -2.61. The molecular weight excluding hydrogens is 587 g/mol. The van der Waals surface area contributed by atoms with Gasteiger partial charge in [-0.25, -0.2) is 18.2 Å². The average molecular weight is 618 g/mol. The Kier molecular flexibility index (Phi) is 6.44. The van der Waals surface area contributed by atoms with E-state index in [2.05, 4.69) is 31.3 Å². The normalized spacial score (nSPS) is 26.1. The lowest BCUT2D eigenvalue weighted by Crippen LogP contribution is -2.51. The molecule has 4 aliphatic rings. The summed E-state index contributed by atoms with van der Waals surface area (Å²) in [7, 11) is 0. The third-order valence-electron chi connectivity index (χ3n) is 9.95. The highest BCUT2D eigenvalue weighted by Crippen LogP contribution is 2.42. The van der Waals surface area contributed by atoms with Gasteiger partial charge in [-0.05, 0) is 49.7 Å². The van der Waals surface area contributed by atoms with Crippen LogP contribution in [0.15, 0.2) is 35.3 Å². The number of aromatic hydroxyl groups is 1. The van der Waals surface area contributed by atoms with Crippen LogP contribution < -0.4 is 20.5 Å². The summed E-state index contributed by atoms with van der Waals surface area (Å²) < 4.78 is 51.2. The quantitative estimate of drug-likeness (QED) is 0.346. The first kappa shape index (κ1) is 28.1. The summed E-state index contributed by atoms with van der Waals surface area (Å²) in [5.41, 5.74) is -0.886. The predicted molar refractivity (Wildman–Crippen MR) is 160 cm³/mol. The Labute approximate surface area is 255 Å². The number of ether oxygens (including phenoxy) is 1. The zero-order valence-electron chi connectivity index (χ0n) is 24.3. The minimum Gasteiger partial charge on any atom is -0.508 e. The molecule has 2 unspecified atom stereocenters. The van der Waals surface area contributed by atoms with Gasteiger partial charge in [0.15, 0.2) is 11.6 Å². The van der Waals surface area contributed by atoms with E-state index in [1.807, 2.05) is 0 Å². The van der Waals surface area contributed by atoms with Crippen molar-refractivity contribution >= 4 is 27.4 Å². The Morgan fingerprint density at radius 2 is 1.98 bits per heavy atom. The monoisotopic (exact) mass is 617 g/mol. The van der Waals surface area contributed by atoms with E-state index in [9.17, 15) is 23.9 Å². The molecule has 0 aliphatic carbocycles. The molecule has 10 nitrogen and oxygen atoms in total. The van der Waals surface area contributed by atoms with Crippen molar-refractivity contribution in [3.8, 4) is 23.4 Å². The van der Waals surface area contributed by atoms with E-state index >= 15 is 4.39 Å². The minimum absolute atomic E-state index is 0.0396. The standard InChI is InChI=1S/C32H30F3N7O3/c33-18-10-32(6-1-7-41(32)13-18)16-45-30-22(11-36)29(40-14-19-3-4-20(15-40)38-19)23-12-37-42(31(44)28(23)39-30)25-9-21(43)8-17-2-5-24(34)27(35)26(17)25/h2,5,8-9,12,18-20,38,43H,1,3-4,6-7,10,13-16H2/t18-,19?,20?,32+/m1/s1. The molecular formula is C32H30F3N7O3. The second-order valence-electron chi connectivity index (χ2n) is 12.7. The lowest BCUT2D eigenvalue weighted by Gasteiger charge is -2.36. The highest BCUT2D eigenvalue weighted by Gasteiger charge is 2.49. The number of aromatic nitrogens is 3. The van der Waals surface area contributed by atoms with Crippen molar-refractivity contribution in [2.75, 3.05) is 37.7 Å². The number of anilines is 1. The number of halogens is 3.